The smallest absolute Gasteiger partial charge is 0.410 e. The number of carbonyl (C=O) groups is 2. The molecule has 0 saturated heterocycles. The van der Waals surface area contributed by atoms with Crippen molar-refractivity contribution < 1.29 is 28.6 Å². The molecule has 0 aliphatic carbocycles. The highest BCUT2D eigenvalue weighted by atomic mass is 19.1. The molecule has 256 valence electrons. The summed E-state index contributed by atoms with van der Waals surface area (Å²) in [6.45, 7) is 11.3. The van der Waals surface area contributed by atoms with Crippen molar-refractivity contribution in [1.82, 2.24) is 9.88 Å². The second kappa shape index (κ2) is 14.6. The van der Waals surface area contributed by atoms with Crippen molar-refractivity contribution >= 4 is 34.3 Å². The van der Waals surface area contributed by atoms with E-state index < -0.39 is 40.9 Å². The Morgan fingerprint density at radius 2 is 1.60 bits per heavy atom. The van der Waals surface area contributed by atoms with E-state index in [1.165, 1.54) is 17.0 Å². The minimum absolute atomic E-state index is 0.0550. The molecule has 4 rings (SSSR count). The molecule has 1 aromatic heterocycles. The summed E-state index contributed by atoms with van der Waals surface area (Å²) in [4.78, 5) is 46.3. The SMILES string of the molecule is CN(CCc1c(C(=O)Nc2ccc(C(O)OC(C)(C)C)cc2)c(=O)[nH]c2c(N(C)Cc3ccccc3)cc(F)cc12)C(=O)OC(C)(C)C. The number of aliphatic hydroxyl groups is 1. The third-order valence-corrected chi connectivity index (χ3v) is 7.40. The molecule has 0 saturated carbocycles. The summed E-state index contributed by atoms with van der Waals surface area (Å²) in [6.07, 6.45) is -1.69. The number of aromatic amines is 1. The minimum Gasteiger partial charge on any atom is -0.444 e. The average Bonchev–Trinajstić information content (AvgIpc) is 2.98. The molecular weight excluding hydrogens is 615 g/mol. The van der Waals surface area contributed by atoms with Crippen molar-refractivity contribution in [2.24, 2.45) is 0 Å². The van der Waals surface area contributed by atoms with Crippen molar-refractivity contribution in [2.75, 3.05) is 30.9 Å². The highest BCUT2D eigenvalue weighted by molar-refractivity contribution is 6.08. The normalized spacial score (nSPS) is 12.5. The number of hydrogen-bond acceptors (Lipinski definition) is 7. The summed E-state index contributed by atoms with van der Waals surface area (Å²) in [7, 11) is 3.35. The zero-order valence-electron chi connectivity index (χ0n) is 28.8. The molecule has 0 aliphatic heterocycles. The van der Waals surface area contributed by atoms with Gasteiger partial charge in [-0.05, 0) is 83.4 Å². The van der Waals surface area contributed by atoms with E-state index in [1.54, 1.807) is 59.1 Å². The molecule has 0 aliphatic rings. The van der Waals surface area contributed by atoms with Gasteiger partial charge in [0.1, 0.15) is 17.0 Å². The molecule has 48 heavy (non-hydrogen) atoms. The Labute approximate surface area is 280 Å². The summed E-state index contributed by atoms with van der Waals surface area (Å²) in [5, 5.41) is 13.5. The van der Waals surface area contributed by atoms with Crippen molar-refractivity contribution in [3.8, 4) is 0 Å². The number of hydrogen-bond donors (Lipinski definition) is 3. The molecule has 0 spiro atoms. The van der Waals surface area contributed by atoms with E-state index in [4.69, 9.17) is 9.47 Å². The van der Waals surface area contributed by atoms with Gasteiger partial charge in [0.25, 0.3) is 11.5 Å². The lowest BCUT2D eigenvalue weighted by Crippen LogP contribution is -2.36. The molecule has 1 heterocycles. The van der Waals surface area contributed by atoms with Crippen LogP contribution in [0.25, 0.3) is 10.9 Å². The number of nitrogens with one attached hydrogen (secondary N) is 2. The molecule has 1 atom stereocenters. The van der Waals surface area contributed by atoms with Crippen LogP contribution in [0.15, 0.2) is 71.5 Å². The Morgan fingerprint density at radius 1 is 0.958 bits per heavy atom. The number of anilines is 2. The van der Waals surface area contributed by atoms with Crippen LogP contribution < -0.4 is 15.8 Å². The first-order valence-electron chi connectivity index (χ1n) is 15.8. The average molecular weight is 661 g/mol. The van der Waals surface area contributed by atoms with E-state index in [-0.39, 0.29) is 24.1 Å². The predicted octanol–water partition coefficient (Wildman–Crippen LogP) is 6.77. The van der Waals surface area contributed by atoms with Gasteiger partial charge in [0.05, 0.1) is 16.8 Å². The lowest BCUT2D eigenvalue weighted by Gasteiger charge is -2.25. The summed E-state index contributed by atoms with van der Waals surface area (Å²) in [6, 6.07) is 18.7. The minimum atomic E-state index is -1.17. The number of benzene rings is 3. The number of ether oxygens (including phenoxy) is 2. The topological polar surface area (TPSA) is 124 Å². The van der Waals surface area contributed by atoms with Crippen LogP contribution in [0.3, 0.4) is 0 Å². The Kier molecular flexibility index (Phi) is 11.0. The molecule has 3 N–H and O–H groups in total. The number of nitrogens with zero attached hydrogens (tertiary/aromatic N) is 2. The van der Waals surface area contributed by atoms with Gasteiger partial charge in [-0.3, -0.25) is 9.59 Å². The number of halogens is 1. The number of carbonyl (C=O) groups excluding carboxylic acids is 2. The summed E-state index contributed by atoms with van der Waals surface area (Å²) in [5.41, 5.74) is 0.746. The number of H-pyrrole nitrogens is 1. The fraction of sp³-hybridized carbons (Fsp3) is 0.378. The lowest BCUT2D eigenvalue weighted by molar-refractivity contribution is -0.169. The van der Waals surface area contributed by atoms with Gasteiger partial charge in [-0.15, -0.1) is 0 Å². The van der Waals surface area contributed by atoms with E-state index in [9.17, 15) is 19.5 Å². The van der Waals surface area contributed by atoms with Crippen LogP contribution in [0.2, 0.25) is 0 Å². The maximum Gasteiger partial charge on any atom is 0.410 e. The summed E-state index contributed by atoms with van der Waals surface area (Å²) >= 11 is 0. The van der Waals surface area contributed by atoms with Crippen LogP contribution in [0, 0.1) is 5.82 Å². The molecule has 11 heteroatoms. The molecule has 4 aromatic rings. The number of rotatable bonds is 10. The molecule has 0 bridgehead atoms. The van der Waals surface area contributed by atoms with Crippen LogP contribution in [0.4, 0.5) is 20.6 Å². The second-order valence-corrected chi connectivity index (χ2v) is 13.8. The molecule has 1 unspecified atom stereocenters. The van der Waals surface area contributed by atoms with Crippen LogP contribution in [-0.2, 0) is 22.4 Å². The molecule has 2 amide bonds. The van der Waals surface area contributed by atoms with Crippen molar-refractivity contribution in [2.45, 2.75) is 72.0 Å². The van der Waals surface area contributed by atoms with Crippen LogP contribution in [0.5, 0.6) is 0 Å². The molecule has 10 nitrogen and oxygen atoms in total. The van der Waals surface area contributed by atoms with Crippen molar-refractivity contribution in [3.63, 3.8) is 0 Å². The highest BCUT2D eigenvalue weighted by Crippen LogP contribution is 2.31. The van der Waals surface area contributed by atoms with Crippen molar-refractivity contribution in [1.29, 1.82) is 0 Å². The monoisotopic (exact) mass is 660 g/mol. The lowest BCUT2D eigenvalue weighted by atomic mass is 9.98. The Hall–Kier alpha value is -4.74. The number of aliphatic hydroxyl groups excluding tert-OH is 1. The van der Waals surface area contributed by atoms with Crippen molar-refractivity contribution in [3.05, 3.63) is 105 Å². The first kappa shape index (κ1) is 36.1. The number of fused-ring (bicyclic) bond motifs is 1. The third-order valence-electron chi connectivity index (χ3n) is 7.40. The van der Waals surface area contributed by atoms with E-state index in [1.807, 2.05) is 56.0 Å². The molecule has 0 radical (unpaired) electrons. The van der Waals surface area contributed by atoms with Gasteiger partial charge in [0, 0.05) is 43.8 Å². The Morgan fingerprint density at radius 3 is 2.21 bits per heavy atom. The second-order valence-electron chi connectivity index (χ2n) is 13.8. The maximum atomic E-state index is 15.3. The first-order valence-corrected chi connectivity index (χ1v) is 15.8. The van der Waals surface area contributed by atoms with E-state index in [0.717, 1.165) is 5.56 Å². The van der Waals surface area contributed by atoms with Gasteiger partial charge in [-0.25, -0.2) is 9.18 Å². The largest absolute Gasteiger partial charge is 0.444 e. The zero-order valence-corrected chi connectivity index (χ0v) is 28.8. The van der Waals surface area contributed by atoms with Gasteiger partial charge in [-0.1, -0.05) is 42.5 Å². The van der Waals surface area contributed by atoms with Crippen LogP contribution >= 0.6 is 0 Å². The number of pyridine rings is 1. The number of amides is 2. The predicted molar refractivity (Wildman–Crippen MR) is 186 cm³/mol. The molecular formula is C37H45FN4O6. The number of aromatic nitrogens is 1. The first-order chi connectivity index (χ1) is 22.4. The van der Waals surface area contributed by atoms with Gasteiger partial charge in [-0.2, -0.15) is 0 Å². The van der Waals surface area contributed by atoms with Crippen LogP contribution in [0.1, 0.15) is 74.9 Å². The van der Waals surface area contributed by atoms with Gasteiger partial charge >= 0.3 is 6.09 Å². The van der Waals surface area contributed by atoms with Gasteiger partial charge in [0.15, 0.2) is 6.29 Å². The molecule has 0 fully saturated rings. The zero-order chi connectivity index (χ0) is 35.4. The van der Waals surface area contributed by atoms with Gasteiger partial charge in [0.2, 0.25) is 0 Å². The van der Waals surface area contributed by atoms with Crippen LogP contribution in [-0.4, -0.2) is 58.8 Å². The fourth-order valence-electron chi connectivity index (χ4n) is 5.19. The standard InChI is InChI=1S/C37H45FN4O6/c1-36(2,3)47-34(45)24-14-16-26(17-15-24)39-32(43)30-27(18-19-41(7)35(46)48-37(4,5)6)28-20-25(38)21-29(31(28)40-33(30)44)42(8)22-23-12-10-9-11-13-23/h9-17,20-21,34,45H,18-19,22H2,1-8H3,(H,39,43)(H,40,44). The quantitative estimate of drug-likeness (QED) is 0.160. The molecule has 3 aromatic carbocycles. The van der Waals surface area contributed by atoms with E-state index >= 15 is 4.39 Å². The maximum absolute atomic E-state index is 15.3. The van der Waals surface area contributed by atoms with Gasteiger partial charge < -0.3 is 34.7 Å². The summed E-state index contributed by atoms with van der Waals surface area (Å²) < 4.78 is 26.4. The third kappa shape index (κ3) is 9.42. The highest BCUT2D eigenvalue weighted by Gasteiger charge is 2.25. The fourth-order valence-corrected chi connectivity index (χ4v) is 5.19. The Balaban J connectivity index is 1.74. The summed E-state index contributed by atoms with van der Waals surface area (Å²) in [5.74, 6) is -1.26. The van der Waals surface area contributed by atoms with E-state index in [0.29, 0.717) is 34.4 Å². The van der Waals surface area contributed by atoms with E-state index in [2.05, 4.69) is 10.3 Å². The number of likely N-dealkylation sites (N-methyl/N-ethyl adjacent to an activating group) is 1. The Bertz CT molecular complexity index is 1810.